The quantitative estimate of drug-likeness (QED) is 0.00820. The van der Waals surface area contributed by atoms with Crippen LogP contribution in [0, 0.1) is 35.5 Å². The number of ether oxygens (including phenoxy) is 10. The van der Waals surface area contributed by atoms with E-state index in [0.717, 1.165) is 149 Å². The third kappa shape index (κ3) is 81.7. The van der Waals surface area contributed by atoms with Gasteiger partial charge < -0.3 is 88.1 Å². The maximum atomic E-state index is 12.5. The van der Waals surface area contributed by atoms with E-state index >= 15 is 0 Å². The number of benzene rings is 3. The number of rotatable bonds is 34. The van der Waals surface area contributed by atoms with Gasteiger partial charge in [-0.15, -0.1) is 8.58 Å². The number of carbonyl (C=O) groups excluding carboxylic acids is 10. The normalized spacial score (nSPS) is 12.9. The molecule has 0 aliphatic carbocycles. The Morgan fingerprint density at radius 2 is 0.826 bits per heavy atom. The van der Waals surface area contributed by atoms with Crippen molar-refractivity contribution in [3.8, 4) is 0 Å². The molecule has 0 radical (unpaired) electrons. The van der Waals surface area contributed by atoms with Crippen molar-refractivity contribution in [2.75, 3.05) is 81.7 Å². The number of cyclic esters (lactones) is 1. The standard InChI is InChI=1S/C20H31NO4.C19H29NO4.C15H23NO2.C10H18O5.C8H16O3.C8H14O3.C7H12O2.C2H7P.CH4O.CH4.Li.H2O/c1-16(18(22)24-5)11-9-10-14-21(19(23)25-20(2,3)4)15-17-12-7-6-8-13-17;1-15(17(21)22)10-8-9-13-20(18(23)24-19(2,3)4)14-16-11-6-5-7-12-16;1-13(15(17)18-2)8-6-7-11-16-12-14-9-4-3-5-10-14;1-9(2,3)14-7(11)13-8(12)15-10(4,5)6;2*1-7(8(10)11-2)5-3-4-6-9;1-6-4-2-3-5-9-7(6)8;1-3-2;1-2;;;/h6-8,12-13,16H,9-11,14-15H2,1-5H3;5-7,11-12,15H,8-10,13-14H2,1-4H3,(H,21,22);3-5,9-10,13,16H,6-8,11-12H2,1-2H3;1-6H3;7,9H,3-6H2,1-2H3;6-7H,3-5H2,1-2H3;6H,2-5H2,1H3;3H,1-2H3;2H,1H3;1H4;;1H2/q;;;;;;;;;;+1;. The molecular weight excluding hydrogens is 1570 g/mol. The molecule has 5 N–H and O–H groups in total. The number of unbranched alkanes of at least 4 members (excludes halogenated alkanes) is 5. The minimum absolute atomic E-state index is 0. The zero-order valence-corrected chi connectivity index (χ0v) is 78.8. The number of carboxylic acid groups (broad SMARTS) is 1. The first-order valence-corrected chi connectivity index (χ1v) is 43.0. The van der Waals surface area contributed by atoms with Crippen molar-refractivity contribution in [2.24, 2.45) is 35.5 Å². The van der Waals surface area contributed by atoms with Crippen molar-refractivity contribution in [1.82, 2.24) is 15.1 Å². The molecule has 1 saturated heterocycles. The number of aldehydes is 1. The average molecular weight is 1730 g/mol. The van der Waals surface area contributed by atoms with Gasteiger partial charge in [-0.3, -0.25) is 28.8 Å². The van der Waals surface area contributed by atoms with Crippen LogP contribution in [0.2, 0.25) is 0 Å². The Morgan fingerprint density at radius 1 is 0.512 bits per heavy atom. The van der Waals surface area contributed by atoms with Crippen LogP contribution in [0.1, 0.15) is 266 Å². The molecule has 0 saturated carbocycles. The molecule has 0 aromatic heterocycles. The SMILES string of the molecule is C.CC(C)(C)OC(=O)OC(=O)OC(C)(C)C.CC(CCCCN(Cc1ccccc1)C(=O)OC(C)(C)C)C(=O)O.CC1CCCCOC1=O.CO.COC(=O)C(C)CCCC=O.COC(=O)C(C)CCCCN(Cc1ccccc1)C(=O)OC(C)(C)C.COC(=O)C(C)CCCCNCc1ccccc1.COC(=O)C(C)CCCCO.CPC.[H+].[Li+].[OH-]. The number of hydrogen-bond acceptors (Lipinski definition) is 25. The van der Waals surface area contributed by atoms with Gasteiger partial charge in [-0.25, -0.2) is 19.2 Å². The summed E-state index contributed by atoms with van der Waals surface area (Å²) in [5, 5.41) is 27.8. The molecule has 1 aliphatic rings. The van der Waals surface area contributed by atoms with Gasteiger partial charge in [-0.1, -0.05) is 166 Å². The maximum Gasteiger partial charge on any atom is 1.00 e. The number of nitrogens with one attached hydrogen (secondary N) is 1. The molecular formula is C91H160LiN3O25P+. The van der Waals surface area contributed by atoms with Gasteiger partial charge in [0.1, 0.15) is 28.7 Å². The van der Waals surface area contributed by atoms with E-state index in [0.29, 0.717) is 45.6 Å². The number of amides is 2. The first kappa shape index (κ1) is 129. The van der Waals surface area contributed by atoms with E-state index in [1.165, 1.54) is 34.0 Å². The Morgan fingerprint density at radius 3 is 1.14 bits per heavy atom. The Hall–Kier alpha value is -7.70. The molecule has 1 aliphatic heterocycles. The fourth-order valence-corrected chi connectivity index (χ4v) is 9.83. The number of hydrogen-bond donors (Lipinski definition) is 4. The summed E-state index contributed by atoms with van der Waals surface area (Å²) in [5.74, 6) is -1.89. The number of carboxylic acids is 1. The third-order valence-electron chi connectivity index (χ3n) is 16.2. The van der Waals surface area contributed by atoms with Gasteiger partial charge in [-0.05, 0) is 203 Å². The van der Waals surface area contributed by atoms with Gasteiger partial charge >= 0.3 is 80.6 Å². The van der Waals surface area contributed by atoms with Crippen molar-refractivity contribution in [1.29, 1.82) is 0 Å². The first-order valence-electron chi connectivity index (χ1n) is 41.0. The number of aliphatic hydroxyl groups excluding tert-OH is 2. The second kappa shape index (κ2) is 78.3. The Labute approximate surface area is 742 Å². The van der Waals surface area contributed by atoms with E-state index in [1.54, 1.807) is 65.2 Å². The fraction of sp³-hybridized carbons (Fsp3) is 0.681. The molecule has 0 bridgehead atoms. The second-order valence-electron chi connectivity index (χ2n) is 32.3. The molecule has 28 nitrogen and oxygen atoms in total. The summed E-state index contributed by atoms with van der Waals surface area (Å²) in [6.45, 7) is 41.4. The van der Waals surface area contributed by atoms with Gasteiger partial charge in [0.2, 0.25) is 0 Å². The fourth-order valence-electron chi connectivity index (χ4n) is 9.83. The summed E-state index contributed by atoms with van der Waals surface area (Å²) in [6, 6.07) is 30.0. The molecule has 0 spiro atoms. The van der Waals surface area contributed by atoms with Crippen LogP contribution < -0.4 is 24.2 Å². The van der Waals surface area contributed by atoms with E-state index in [2.05, 4.69) is 57.1 Å². The molecule has 30 heteroatoms. The molecule has 3 aromatic carbocycles. The number of methoxy groups -OCH3 is 4. The summed E-state index contributed by atoms with van der Waals surface area (Å²) in [5.41, 5.74) is 0.965. The van der Waals surface area contributed by atoms with Crippen molar-refractivity contribution in [3.05, 3.63) is 108 Å². The van der Waals surface area contributed by atoms with Crippen LogP contribution in [0.15, 0.2) is 91.0 Å². The van der Waals surface area contributed by atoms with E-state index in [1.807, 2.05) is 136 Å². The summed E-state index contributed by atoms with van der Waals surface area (Å²) in [7, 11) is 7.70. The first-order chi connectivity index (χ1) is 55.3. The molecule has 121 heavy (non-hydrogen) atoms. The smallest absolute Gasteiger partial charge is 0.870 e. The predicted molar refractivity (Wildman–Crippen MR) is 474 cm³/mol. The third-order valence-corrected chi connectivity index (χ3v) is 16.2. The van der Waals surface area contributed by atoms with Crippen LogP contribution in [0.25, 0.3) is 0 Å². The summed E-state index contributed by atoms with van der Waals surface area (Å²) in [6.07, 6.45) is 13.3. The maximum absolute atomic E-state index is 12.5. The zero-order chi connectivity index (χ0) is 91.3. The van der Waals surface area contributed by atoms with Crippen molar-refractivity contribution < 1.29 is 141 Å². The number of nitrogens with zero attached hydrogens (tertiary/aromatic N) is 2. The Balaban J connectivity index is -0.000000176. The van der Waals surface area contributed by atoms with Gasteiger partial charge in [0.25, 0.3) is 0 Å². The minimum atomic E-state index is -1.06. The molecule has 2 amide bonds. The van der Waals surface area contributed by atoms with Gasteiger partial charge in [0.15, 0.2) is 0 Å². The van der Waals surface area contributed by atoms with E-state index < -0.39 is 40.7 Å². The summed E-state index contributed by atoms with van der Waals surface area (Å²) >= 11 is 0. The predicted octanol–water partition coefficient (Wildman–Crippen LogP) is 15.9. The summed E-state index contributed by atoms with van der Waals surface area (Å²) < 4.78 is 48.2. The van der Waals surface area contributed by atoms with Crippen molar-refractivity contribution in [2.45, 2.75) is 290 Å². The van der Waals surface area contributed by atoms with Crippen molar-refractivity contribution in [3.63, 3.8) is 0 Å². The van der Waals surface area contributed by atoms with Gasteiger partial charge in [-0.2, -0.15) is 0 Å². The molecule has 3 aromatic rings. The van der Waals surface area contributed by atoms with Crippen LogP contribution in [0.4, 0.5) is 19.2 Å². The van der Waals surface area contributed by atoms with E-state index in [-0.39, 0.29) is 117 Å². The van der Waals surface area contributed by atoms with E-state index in [4.69, 9.17) is 48.5 Å². The minimum Gasteiger partial charge on any atom is -0.870 e. The van der Waals surface area contributed by atoms with E-state index in [9.17, 15) is 52.7 Å². The molecule has 1 fully saturated rings. The molecule has 4 rings (SSSR count). The molecule has 6 atom stereocenters. The van der Waals surface area contributed by atoms with Crippen LogP contribution in [-0.2, 0) is 101 Å². The number of aliphatic carboxylic acids is 1. The van der Waals surface area contributed by atoms with Crippen LogP contribution in [0.5, 0.6) is 0 Å². The molecule has 1 heterocycles. The monoisotopic (exact) mass is 1730 g/mol. The van der Waals surface area contributed by atoms with Crippen LogP contribution >= 0.6 is 8.58 Å². The molecule has 6 unspecified atom stereocenters. The van der Waals surface area contributed by atoms with Gasteiger partial charge in [0, 0.05) is 52.9 Å². The topological polar surface area (TPSA) is 389 Å². The summed E-state index contributed by atoms with van der Waals surface area (Å²) in [4.78, 5) is 126. The Bertz CT molecular complexity index is 3090. The largest absolute Gasteiger partial charge is 1.00 e. The molecule has 694 valence electrons. The Kier molecular flexibility index (Phi) is 83.4. The average Bonchev–Trinajstić information content (AvgIpc) is 0.999. The number of aliphatic hydroxyl groups is 2. The van der Waals surface area contributed by atoms with Gasteiger partial charge in [0.05, 0.1) is 70.6 Å². The zero-order valence-electron chi connectivity index (χ0n) is 78.8. The van der Waals surface area contributed by atoms with Crippen LogP contribution in [0.3, 0.4) is 0 Å². The number of carbonyl (C=O) groups is 11. The number of esters is 5. The second-order valence-corrected chi connectivity index (χ2v) is 33.3. The van der Waals surface area contributed by atoms with Crippen LogP contribution in [-0.4, -0.2) is 201 Å². The van der Waals surface area contributed by atoms with Crippen molar-refractivity contribution >= 4 is 75.2 Å².